The van der Waals surface area contributed by atoms with Gasteiger partial charge in [0.2, 0.25) is 0 Å². The Bertz CT molecular complexity index is 760. The van der Waals surface area contributed by atoms with Crippen LogP contribution in [0.1, 0.15) is 25.2 Å². The number of nitrogens with one attached hydrogen (secondary N) is 2. The molecule has 1 saturated heterocycles. The summed E-state index contributed by atoms with van der Waals surface area (Å²) in [5, 5.41) is 6.41. The number of likely N-dealkylation sites (N-methyl/N-ethyl adjacent to an activating group) is 1. The third-order valence-electron chi connectivity index (χ3n) is 4.95. The minimum Gasteiger partial charge on any atom is -0.467 e. The molecule has 1 aliphatic rings. The van der Waals surface area contributed by atoms with Gasteiger partial charge in [0.15, 0.2) is 5.96 Å². The maximum atomic E-state index is 14.7. The minimum atomic E-state index is -0.175. The molecule has 1 aromatic heterocycles. The highest BCUT2D eigenvalue weighted by molar-refractivity contribution is 14.0. The summed E-state index contributed by atoms with van der Waals surface area (Å²) in [6.07, 6.45) is 1.65. The van der Waals surface area contributed by atoms with E-state index in [2.05, 4.69) is 32.3 Å². The third kappa shape index (κ3) is 6.88. The molecule has 8 heteroatoms. The van der Waals surface area contributed by atoms with Gasteiger partial charge in [-0.05, 0) is 43.3 Å². The van der Waals surface area contributed by atoms with E-state index in [1.165, 1.54) is 0 Å². The van der Waals surface area contributed by atoms with Gasteiger partial charge >= 0.3 is 0 Å². The van der Waals surface area contributed by atoms with E-state index in [-0.39, 0.29) is 29.8 Å². The lowest BCUT2D eigenvalue weighted by atomic mass is 10.1. The van der Waals surface area contributed by atoms with Crippen molar-refractivity contribution in [2.45, 2.75) is 26.9 Å². The van der Waals surface area contributed by atoms with Gasteiger partial charge in [0.25, 0.3) is 0 Å². The fourth-order valence-corrected chi connectivity index (χ4v) is 3.31. The van der Waals surface area contributed by atoms with Crippen molar-refractivity contribution in [3.8, 4) is 0 Å². The van der Waals surface area contributed by atoms with Crippen molar-refractivity contribution < 1.29 is 8.81 Å². The first-order valence-corrected chi connectivity index (χ1v) is 10.00. The maximum Gasteiger partial charge on any atom is 0.191 e. The van der Waals surface area contributed by atoms with Gasteiger partial charge in [0.1, 0.15) is 11.6 Å². The lowest BCUT2D eigenvalue weighted by Crippen LogP contribution is -2.46. The van der Waals surface area contributed by atoms with E-state index in [4.69, 9.17) is 4.42 Å². The van der Waals surface area contributed by atoms with Crippen LogP contribution in [0.25, 0.3) is 0 Å². The summed E-state index contributed by atoms with van der Waals surface area (Å²) >= 11 is 0. The highest BCUT2D eigenvalue weighted by Gasteiger charge is 2.18. The van der Waals surface area contributed by atoms with Crippen LogP contribution in [0.2, 0.25) is 0 Å². The standard InChI is InChI=1S/C21H30FN5O.HI/c1-3-23-21(25-16-18-6-5-13-28-18)24-15-17-7-8-20(19(22)14-17)27-11-9-26(4-2)10-12-27;/h5-8,13-14H,3-4,9-12,15-16H2,1-2H3,(H2,23,24,25);1H. The Morgan fingerprint density at radius 2 is 1.93 bits per heavy atom. The predicted octanol–water partition coefficient (Wildman–Crippen LogP) is 3.43. The summed E-state index contributed by atoms with van der Waals surface area (Å²) in [5.74, 6) is 1.34. The van der Waals surface area contributed by atoms with E-state index in [1.807, 2.05) is 31.2 Å². The number of hydrogen-bond acceptors (Lipinski definition) is 4. The fourth-order valence-electron chi connectivity index (χ4n) is 3.31. The lowest BCUT2D eigenvalue weighted by Gasteiger charge is -2.35. The smallest absolute Gasteiger partial charge is 0.191 e. The van der Waals surface area contributed by atoms with Gasteiger partial charge in [0, 0.05) is 32.7 Å². The Labute approximate surface area is 189 Å². The SMILES string of the molecule is CCNC(=NCc1ccc(N2CCN(CC)CC2)c(F)c1)NCc1ccco1.I. The average Bonchev–Trinajstić information content (AvgIpc) is 3.24. The molecule has 160 valence electrons. The molecule has 2 heterocycles. The molecular formula is C21H31FIN5O. The van der Waals surface area contributed by atoms with Gasteiger partial charge < -0.3 is 24.9 Å². The summed E-state index contributed by atoms with van der Waals surface area (Å²) in [6.45, 7) is 10.6. The van der Waals surface area contributed by atoms with Gasteiger partial charge in [-0.3, -0.25) is 0 Å². The van der Waals surface area contributed by atoms with Crippen LogP contribution in [-0.4, -0.2) is 50.1 Å². The normalized spacial score (nSPS) is 15.1. The molecule has 0 bridgehead atoms. The Kier molecular flexibility index (Phi) is 9.72. The van der Waals surface area contributed by atoms with Crippen LogP contribution in [0, 0.1) is 5.82 Å². The number of benzene rings is 1. The zero-order valence-electron chi connectivity index (χ0n) is 17.2. The van der Waals surface area contributed by atoms with Crippen LogP contribution >= 0.6 is 24.0 Å². The van der Waals surface area contributed by atoms with Crippen molar-refractivity contribution in [1.82, 2.24) is 15.5 Å². The summed E-state index contributed by atoms with van der Waals surface area (Å²) in [5.41, 5.74) is 1.54. The van der Waals surface area contributed by atoms with Crippen LogP contribution in [0.3, 0.4) is 0 Å². The largest absolute Gasteiger partial charge is 0.467 e. The Balaban J connectivity index is 0.00000300. The molecule has 0 saturated carbocycles. The van der Waals surface area contributed by atoms with E-state index >= 15 is 0 Å². The third-order valence-corrected chi connectivity index (χ3v) is 4.95. The fraction of sp³-hybridized carbons (Fsp3) is 0.476. The molecule has 1 fully saturated rings. The Hall–Kier alpha value is -1.81. The molecule has 29 heavy (non-hydrogen) atoms. The zero-order valence-corrected chi connectivity index (χ0v) is 19.5. The summed E-state index contributed by atoms with van der Waals surface area (Å²) in [6, 6.07) is 9.20. The molecular weight excluding hydrogens is 484 g/mol. The van der Waals surface area contributed by atoms with Gasteiger partial charge in [-0.1, -0.05) is 13.0 Å². The van der Waals surface area contributed by atoms with E-state index in [1.54, 1.807) is 12.3 Å². The first-order valence-electron chi connectivity index (χ1n) is 10.00. The quantitative estimate of drug-likeness (QED) is 0.336. The minimum absolute atomic E-state index is 0. The second-order valence-corrected chi connectivity index (χ2v) is 6.84. The summed E-state index contributed by atoms with van der Waals surface area (Å²) < 4.78 is 20.0. The van der Waals surface area contributed by atoms with E-state index in [0.717, 1.165) is 50.6 Å². The number of piperazine rings is 1. The molecule has 0 atom stereocenters. The number of nitrogens with zero attached hydrogens (tertiary/aromatic N) is 3. The van der Waals surface area contributed by atoms with Crippen molar-refractivity contribution in [1.29, 1.82) is 0 Å². The van der Waals surface area contributed by atoms with Crippen LogP contribution in [0.4, 0.5) is 10.1 Å². The summed E-state index contributed by atoms with van der Waals surface area (Å²) in [4.78, 5) is 9.07. The molecule has 1 aromatic carbocycles. The molecule has 0 aliphatic carbocycles. The number of aliphatic imine (C=N–C) groups is 1. The van der Waals surface area contributed by atoms with Crippen molar-refractivity contribution in [3.63, 3.8) is 0 Å². The first kappa shape index (κ1) is 23.5. The molecule has 1 aliphatic heterocycles. The predicted molar refractivity (Wildman–Crippen MR) is 127 cm³/mol. The molecule has 2 N–H and O–H groups in total. The number of rotatable bonds is 7. The molecule has 6 nitrogen and oxygen atoms in total. The molecule has 0 amide bonds. The molecule has 2 aromatic rings. The van der Waals surface area contributed by atoms with E-state index < -0.39 is 0 Å². The first-order chi connectivity index (χ1) is 13.7. The number of furan rings is 1. The number of guanidine groups is 1. The van der Waals surface area contributed by atoms with E-state index in [9.17, 15) is 4.39 Å². The zero-order chi connectivity index (χ0) is 19.8. The lowest BCUT2D eigenvalue weighted by molar-refractivity contribution is 0.270. The average molecular weight is 515 g/mol. The van der Waals surface area contributed by atoms with Gasteiger partial charge in [0.05, 0.1) is 25.0 Å². The van der Waals surface area contributed by atoms with Crippen molar-refractivity contribution in [3.05, 3.63) is 53.7 Å². The summed E-state index contributed by atoms with van der Waals surface area (Å²) in [7, 11) is 0. The van der Waals surface area contributed by atoms with Crippen LogP contribution < -0.4 is 15.5 Å². The van der Waals surface area contributed by atoms with Crippen molar-refractivity contribution in [2.24, 2.45) is 4.99 Å². The molecule has 0 radical (unpaired) electrons. The van der Waals surface area contributed by atoms with Crippen molar-refractivity contribution >= 4 is 35.6 Å². The number of anilines is 1. The van der Waals surface area contributed by atoms with Crippen LogP contribution in [0.5, 0.6) is 0 Å². The number of halogens is 2. The topological polar surface area (TPSA) is 56.0 Å². The van der Waals surface area contributed by atoms with Gasteiger partial charge in [-0.25, -0.2) is 9.38 Å². The highest BCUT2D eigenvalue weighted by Crippen LogP contribution is 2.22. The Morgan fingerprint density at radius 1 is 1.14 bits per heavy atom. The molecule has 3 rings (SSSR count). The Morgan fingerprint density at radius 3 is 2.55 bits per heavy atom. The monoisotopic (exact) mass is 515 g/mol. The second kappa shape index (κ2) is 12.0. The van der Waals surface area contributed by atoms with Crippen molar-refractivity contribution in [2.75, 3.05) is 44.2 Å². The molecule has 0 spiro atoms. The van der Waals surface area contributed by atoms with Gasteiger partial charge in [-0.15, -0.1) is 24.0 Å². The van der Waals surface area contributed by atoms with Crippen LogP contribution in [0.15, 0.2) is 46.0 Å². The molecule has 0 unspecified atom stereocenters. The van der Waals surface area contributed by atoms with E-state index in [0.29, 0.717) is 24.7 Å². The van der Waals surface area contributed by atoms with Gasteiger partial charge in [-0.2, -0.15) is 0 Å². The van der Waals surface area contributed by atoms with Crippen LogP contribution in [-0.2, 0) is 13.1 Å². The highest BCUT2D eigenvalue weighted by atomic mass is 127. The maximum absolute atomic E-state index is 14.7. The number of hydrogen-bond donors (Lipinski definition) is 2. The second-order valence-electron chi connectivity index (χ2n) is 6.84.